The van der Waals surface area contributed by atoms with Gasteiger partial charge in [0.2, 0.25) is 0 Å². The molecule has 0 aliphatic rings. The molecule has 0 unspecified atom stereocenters. The lowest BCUT2D eigenvalue weighted by Crippen LogP contribution is -2.20. The van der Waals surface area contributed by atoms with Gasteiger partial charge >= 0.3 is 6.03 Å². The highest BCUT2D eigenvalue weighted by Gasteiger charge is 2.13. The Labute approximate surface area is 132 Å². The van der Waals surface area contributed by atoms with Crippen LogP contribution in [0.4, 0.5) is 20.6 Å². The SMILES string of the molecule is COc1cc(OC)c(NC(=O)Nc2ccccc2F)cc1Cl. The number of urea groups is 1. The molecule has 116 valence electrons. The summed E-state index contributed by atoms with van der Waals surface area (Å²) in [6.45, 7) is 0. The van der Waals surface area contributed by atoms with E-state index < -0.39 is 11.8 Å². The van der Waals surface area contributed by atoms with Crippen LogP contribution in [0.2, 0.25) is 5.02 Å². The van der Waals surface area contributed by atoms with E-state index in [1.54, 1.807) is 12.1 Å². The Balaban J connectivity index is 2.18. The van der Waals surface area contributed by atoms with Gasteiger partial charge in [-0.05, 0) is 18.2 Å². The van der Waals surface area contributed by atoms with Crippen molar-refractivity contribution >= 4 is 29.0 Å². The molecule has 0 atom stereocenters. The lowest BCUT2D eigenvalue weighted by molar-refractivity contribution is 0.262. The molecule has 0 saturated heterocycles. The predicted octanol–water partition coefficient (Wildman–Crippen LogP) is 4.14. The number of anilines is 2. The highest BCUT2D eigenvalue weighted by Crippen LogP contribution is 2.35. The first kappa shape index (κ1) is 15.9. The predicted molar refractivity (Wildman–Crippen MR) is 83.6 cm³/mol. The second kappa shape index (κ2) is 7.00. The zero-order valence-electron chi connectivity index (χ0n) is 11.9. The average Bonchev–Trinajstić information content (AvgIpc) is 2.50. The van der Waals surface area contributed by atoms with Crippen LogP contribution in [0, 0.1) is 5.82 Å². The number of amides is 2. The summed E-state index contributed by atoms with van der Waals surface area (Å²) >= 11 is 6.02. The third-order valence-electron chi connectivity index (χ3n) is 2.84. The van der Waals surface area contributed by atoms with Gasteiger partial charge < -0.3 is 20.1 Å². The van der Waals surface area contributed by atoms with Crippen molar-refractivity contribution in [2.45, 2.75) is 0 Å². The van der Waals surface area contributed by atoms with Gasteiger partial charge in [-0.2, -0.15) is 0 Å². The molecule has 22 heavy (non-hydrogen) atoms. The molecule has 7 heteroatoms. The number of nitrogens with one attached hydrogen (secondary N) is 2. The summed E-state index contributed by atoms with van der Waals surface area (Å²) in [5.41, 5.74) is 0.403. The third-order valence-corrected chi connectivity index (χ3v) is 3.14. The first-order valence-corrected chi connectivity index (χ1v) is 6.67. The number of rotatable bonds is 4. The van der Waals surface area contributed by atoms with E-state index in [4.69, 9.17) is 21.1 Å². The zero-order valence-corrected chi connectivity index (χ0v) is 12.7. The first-order valence-electron chi connectivity index (χ1n) is 6.29. The van der Waals surface area contributed by atoms with E-state index in [-0.39, 0.29) is 5.69 Å². The molecule has 0 heterocycles. The summed E-state index contributed by atoms with van der Waals surface area (Å²) in [7, 11) is 2.92. The topological polar surface area (TPSA) is 59.6 Å². The minimum absolute atomic E-state index is 0.0681. The van der Waals surface area contributed by atoms with Crippen LogP contribution in [0.1, 0.15) is 0 Å². The van der Waals surface area contributed by atoms with E-state index in [2.05, 4.69) is 10.6 Å². The molecule has 5 nitrogen and oxygen atoms in total. The molecule has 2 aromatic rings. The fourth-order valence-corrected chi connectivity index (χ4v) is 2.04. The molecule has 0 radical (unpaired) electrons. The van der Waals surface area contributed by atoms with Gasteiger partial charge in [0.15, 0.2) is 0 Å². The fraction of sp³-hybridized carbons (Fsp3) is 0.133. The number of carbonyl (C=O) groups is 1. The summed E-state index contributed by atoms with van der Waals surface area (Å²) in [5, 5.41) is 5.26. The summed E-state index contributed by atoms with van der Waals surface area (Å²) in [5.74, 6) is 0.251. The monoisotopic (exact) mass is 324 g/mol. The van der Waals surface area contributed by atoms with Crippen LogP contribution in [0.5, 0.6) is 11.5 Å². The van der Waals surface area contributed by atoms with E-state index in [0.717, 1.165) is 0 Å². The van der Waals surface area contributed by atoms with E-state index in [1.165, 1.54) is 38.5 Å². The number of hydrogen-bond acceptors (Lipinski definition) is 3. The smallest absolute Gasteiger partial charge is 0.323 e. The average molecular weight is 325 g/mol. The van der Waals surface area contributed by atoms with Crippen molar-refractivity contribution in [1.82, 2.24) is 0 Å². The lowest BCUT2D eigenvalue weighted by Gasteiger charge is -2.13. The number of halogens is 2. The van der Waals surface area contributed by atoms with Crippen LogP contribution in [-0.4, -0.2) is 20.3 Å². The van der Waals surface area contributed by atoms with E-state index in [9.17, 15) is 9.18 Å². The maximum atomic E-state index is 13.5. The molecule has 2 aromatic carbocycles. The Morgan fingerprint density at radius 3 is 2.32 bits per heavy atom. The van der Waals surface area contributed by atoms with Gasteiger partial charge in [0.25, 0.3) is 0 Å². The largest absolute Gasteiger partial charge is 0.495 e. The highest BCUT2D eigenvalue weighted by molar-refractivity contribution is 6.32. The van der Waals surface area contributed by atoms with Crippen molar-refractivity contribution in [2.75, 3.05) is 24.9 Å². The quantitative estimate of drug-likeness (QED) is 0.888. The maximum absolute atomic E-state index is 13.5. The normalized spacial score (nSPS) is 10.0. The lowest BCUT2D eigenvalue weighted by atomic mass is 10.2. The van der Waals surface area contributed by atoms with Gasteiger partial charge in [0, 0.05) is 6.07 Å². The number of ether oxygens (including phenoxy) is 2. The Morgan fingerprint density at radius 1 is 1.05 bits per heavy atom. The van der Waals surface area contributed by atoms with Crippen molar-refractivity contribution < 1.29 is 18.7 Å². The second-order valence-corrected chi connectivity index (χ2v) is 4.65. The van der Waals surface area contributed by atoms with Crippen LogP contribution in [-0.2, 0) is 0 Å². The van der Waals surface area contributed by atoms with Crippen LogP contribution in [0.25, 0.3) is 0 Å². The summed E-state index contributed by atoms with van der Waals surface area (Å²) < 4.78 is 23.7. The van der Waals surface area contributed by atoms with Gasteiger partial charge in [-0.3, -0.25) is 0 Å². The van der Waals surface area contributed by atoms with Crippen LogP contribution in [0.3, 0.4) is 0 Å². The van der Waals surface area contributed by atoms with Crippen LogP contribution >= 0.6 is 11.6 Å². The number of methoxy groups -OCH3 is 2. The van der Waals surface area contributed by atoms with Gasteiger partial charge in [-0.25, -0.2) is 9.18 Å². The Hall–Kier alpha value is -2.47. The maximum Gasteiger partial charge on any atom is 0.323 e. The molecule has 0 aliphatic carbocycles. The van der Waals surface area contributed by atoms with Crippen molar-refractivity contribution in [1.29, 1.82) is 0 Å². The van der Waals surface area contributed by atoms with E-state index in [1.807, 2.05) is 0 Å². The van der Waals surface area contributed by atoms with E-state index >= 15 is 0 Å². The number of para-hydroxylation sites is 1. The molecule has 0 saturated carbocycles. The van der Waals surface area contributed by atoms with Crippen molar-refractivity contribution in [2.24, 2.45) is 0 Å². The standard InChI is InChI=1S/C15H14ClFN2O3/c1-21-13-8-14(22-2)12(7-9(13)16)19-15(20)18-11-6-4-3-5-10(11)17/h3-8H,1-2H3,(H2,18,19,20). The molecule has 0 aliphatic heterocycles. The Morgan fingerprint density at radius 2 is 1.68 bits per heavy atom. The first-order chi connectivity index (χ1) is 10.5. The van der Waals surface area contributed by atoms with Gasteiger partial charge in [0.1, 0.15) is 17.3 Å². The number of carbonyl (C=O) groups excluding carboxylic acids is 1. The molecular formula is C15H14ClFN2O3. The van der Waals surface area contributed by atoms with Crippen molar-refractivity contribution in [3.05, 3.63) is 47.2 Å². The molecule has 0 spiro atoms. The highest BCUT2D eigenvalue weighted by atomic mass is 35.5. The zero-order chi connectivity index (χ0) is 16.1. The van der Waals surface area contributed by atoms with Crippen molar-refractivity contribution in [3.63, 3.8) is 0 Å². The molecule has 0 bridgehead atoms. The van der Waals surface area contributed by atoms with E-state index in [0.29, 0.717) is 22.2 Å². The Bertz CT molecular complexity index is 694. The van der Waals surface area contributed by atoms with Crippen molar-refractivity contribution in [3.8, 4) is 11.5 Å². The molecule has 2 amide bonds. The second-order valence-electron chi connectivity index (χ2n) is 4.25. The minimum Gasteiger partial charge on any atom is -0.495 e. The number of hydrogen-bond donors (Lipinski definition) is 2. The summed E-state index contributed by atoms with van der Waals surface area (Å²) in [6, 6.07) is 8.26. The van der Waals surface area contributed by atoms with Gasteiger partial charge in [-0.15, -0.1) is 0 Å². The molecule has 0 aromatic heterocycles. The Kier molecular flexibility index (Phi) is 5.06. The molecule has 2 N–H and O–H groups in total. The third kappa shape index (κ3) is 3.59. The number of benzene rings is 2. The fourth-order valence-electron chi connectivity index (χ4n) is 1.80. The van der Waals surface area contributed by atoms with Crippen LogP contribution < -0.4 is 20.1 Å². The van der Waals surface area contributed by atoms with Gasteiger partial charge in [-0.1, -0.05) is 23.7 Å². The summed E-state index contributed by atoms with van der Waals surface area (Å²) in [4.78, 5) is 11.9. The minimum atomic E-state index is -0.621. The molecule has 2 rings (SSSR count). The van der Waals surface area contributed by atoms with Crippen LogP contribution in [0.15, 0.2) is 36.4 Å². The molecular weight excluding hydrogens is 311 g/mol. The van der Waals surface area contributed by atoms with Gasteiger partial charge in [0.05, 0.1) is 30.6 Å². The molecule has 0 fully saturated rings. The summed E-state index contributed by atoms with van der Waals surface area (Å²) in [6.07, 6.45) is 0.